The van der Waals surface area contributed by atoms with Crippen LogP contribution in [0, 0.1) is 13.8 Å². The maximum Gasteiger partial charge on any atom is 0.257 e. The average molecular weight is 367 g/mol. The number of carbonyl (C=O) groups is 1. The van der Waals surface area contributed by atoms with E-state index in [9.17, 15) is 9.59 Å². The standard InChI is InChI=1S/C21H19ClN2O2/c1-14-6-3-4-7-16(14)12-24-13-17(10-11-20(24)25)21(26)23-19-9-5-8-18(22)15(19)2/h3-11,13H,12H2,1-2H3,(H,23,26). The van der Waals surface area contributed by atoms with E-state index in [1.165, 1.54) is 12.1 Å². The fourth-order valence-corrected chi connectivity index (χ4v) is 2.87. The molecular formula is C21H19ClN2O2. The molecule has 0 aliphatic rings. The molecule has 0 aliphatic heterocycles. The number of aromatic nitrogens is 1. The van der Waals surface area contributed by atoms with Crippen molar-refractivity contribution in [3.05, 3.63) is 98.4 Å². The molecule has 1 N–H and O–H groups in total. The summed E-state index contributed by atoms with van der Waals surface area (Å²) >= 11 is 6.10. The van der Waals surface area contributed by atoms with Crippen LogP contribution in [0.3, 0.4) is 0 Å². The number of carbonyl (C=O) groups excluding carboxylic acids is 1. The van der Waals surface area contributed by atoms with Crippen molar-refractivity contribution in [2.24, 2.45) is 0 Å². The third-order valence-electron chi connectivity index (χ3n) is 4.36. The molecule has 3 aromatic rings. The van der Waals surface area contributed by atoms with Crippen LogP contribution in [0.5, 0.6) is 0 Å². The van der Waals surface area contributed by atoms with Gasteiger partial charge in [0, 0.05) is 23.0 Å². The second kappa shape index (κ2) is 7.58. The van der Waals surface area contributed by atoms with Gasteiger partial charge in [-0.15, -0.1) is 0 Å². The summed E-state index contributed by atoms with van der Waals surface area (Å²) in [6, 6.07) is 16.2. The molecule has 0 unspecified atom stereocenters. The van der Waals surface area contributed by atoms with Gasteiger partial charge in [0.15, 0.2) is 0 Å². The molecule has 0 bridgehead atoms. The number of halogens is 1. The summed E-state index contributed by atoms with van der Waals surface area (Å²) in [5.74, 6) is -0.283. The highest BCUT2D eigenvalue weighted by molar-refractivity contribution is 6.31. The normalized spacial score (nSPS) is 10.6. The maximum atomic E-state index is 12.6. The second-order valence-corrected chi connectivity index (χ2v) is 6.58. The summed E-state index contributed by atoms with van der Waals surface area (Å²) in [6.07, 6.45) is 1.59. The van der Waals surface area contributed by atoms with Crippen LogP contribution in [0.25, 0.3) is 0 Å². The van der Waals surface area contributed by atoms with E-state index in [0.717, 1.165) is 16.7 Å². The van der Waals surface area contributed by atoms with Crippen LogP contribution in [0.15, 0.2) is 65.6 Å². The highest BCUT2D eigenvalue weighted by Gasteiger charge is 2.11. The molecule has 0 atom stereocenters. The van der Waals surface area contributed by atoms with Gasteiger partial charge in [-0.05, 0) is 48.7 Å². The first-order valence-electron chi connectivity index (χ1n) is 8.27. The molecule has 0 saturated heterocycles. The summed E-state index contributed by atoms with van der Waals surface area (Å²) in [6.45, 7) is 4.26. The molecule has 2 aromatic carbocycles. The molecule has 5 heteroatoms. The van der Waals surface area contributed by atoms with Crippen LogP contribution in [0.2, 0.25) is 5.02 Å². The third-order valence-corrected chi connectivity index (χ3v) is 4.77. The van der Waals surface area contributed by atoms with Gasteiger partial charge in [0.1, 0.15) is 0 Å². The van der Waals surface area contributed by atoms with E-state index in [1.54, 1.807) is 29.0 Å². The van der Waals surface area contributed by atoms with E-state index in [2.05, 4.69) is 5.32 Å². The summed E-state index contributed by atoms with van der Waals surface area (Å²) in [7, 11) is 0. The van der Waals surface area contributed by atoms with Crippen molar-refractivity contribution >= 4 is 23.2 Å². The van der Waals surface area contributed by atoms with Crippen LogP contribution >= 0.6 is 11.6 Å². The molecule has 0 aliphatic carbocycles. The minimum atomic E-state index is -0.283. The lowest BCUT2D eigenvalue weighted by molar-refractivity contribution is 0.102. The van der Waals surface area contributed by atoms with Gasteiger partial charge in [0.25, 0.3) is 11.5 Å². The Morgan fingerprint density at radius 1 is 1.04 bits per heavy atom. The van der Waals surface area contributed by atoms with Crippen LogP contribution in [-0.2, 0) is 6.54 Å². The zero-order chi connectivity index (χ0) is 18.7. The molecule has 4 nitrogen and oxygen atoms in total. The SMILES string of the molecule is Cc1ccccc1Cn1cc(C(=O)Nc2cccc(Cl)c2C)ccc1=O. The van der Waals surface area contributed by atoms with Crippen LogP contribution in [0.4, 0.5) is 5.69 Å². The number of aryl methyl sites for hydroxylation is 1. The summed E-state index contributed by atoms with van der Waals surface area (Å²) in [5, 5.41) is 3.44. The number of hydrogen-bond acceptors (Lipinski definition) is 2. The highest BCUT2D eigenvalue weighted by atomic mass is 35.5. The third kappa shape index (κ3) is 3.86. The Labute approximate surface area is 157 Å². The van der Waals surface area contributed by atoms with Crippen molar-refractivity contribution in [2.45, 2.75) is 20.4 Å². The summed E-state index contributed by atoms with van der Waals surface area (Å²) < 4.78 is 1.54. The lowest BCUT2D eigenvalue weighted by atomic mass is 10.1. The van der Waals surface area contributed by atoms with Gasteiger partial charge in [0.2, 0.25) is 0 Å². The molecule has 3 rings (SSSR count). The topological polar surface area (TPSA) is 51.1 Å². The Morgan fingerprint density at radius 3 is 2.58 bits per heavy atom. The smallest absolute Gasteiger partial charge is 0.257 e. The molecule has 132 valence electrons. The van der Waals surface area contributed by atoms with Crippen LogP contribution in [-0.4, -0.2) is 10.5 Å². The number of pyridine rings is 1. The number of amides is 1. The van der Waals surface area contributed by atoms with Crippen molar-refractivity contribution in [1.82, 2.24) is 4.57 Å². The van der Waals surface area contributed by atoms with Crippen molar-refractivity contribution in [2.75, 3.05) is 5.32 Å². The lowest BCUT2D eigenvalue weighted by Crippen LogP contribution is -2.23. The molecule has 0 spiro atoms. The van der Waals surface area contributed by atoms with Gasteiger partial charge in [-0.25, -0.2) is 0 Å². The van der Waals surface area contributed by atoms with E-state index in [-0.39, 0.29) is 11.5 Å². The maximum absolute atomic E-state index is 12.6. The predicted molar refractivity (Wildman–Crippen MR) is 105 cm³/mol. The number of benzene rings is 2. The Hall–Kier alpha value is -2.85. The Morgan fingerprint density at radius 2 is 1.81 bits per heavy atom. The minimum absolute atomic E-state index is 0.149. The Kier molecular flexibility index (Phi) is 5.24. The molecule has 0 radical (unpaired) electrons. The van der Waals surface area contributed by atoms with Gasteiger partial charge >= 0.3 is 0 Å². The Bertz CT molecular complexity index is 1020. The van der Waals surface area contributed by atoms with Gasteiger partial charge in [0.05, 0.1) is 12.1 Å². The van der Waals surface area contributed by atoms with Crippen LogP contribution < -0.4 is 10.9 Å². The van der Waals surface area contributed by atoms with Crippen molar-refractivity contribution in [1.29, 1.82) is 0 Å². The monoisotopic (exact) mass is 366 g/mol. The van der Waals surface area contributed by atoms with E-state index in [1.807, 2.05) is 38.1 Å². The molecule has 1 heterocycles. The van der Waals surface area contributed by atoms with E-state index in [4.69, 9.17) is 11.6 Å². The first-order chi connectivity index (χ1) is 12.5. The summed E-state index contributed by atoms with van der Waals surface area (Å²) in [5.41, 5.74) is 3.86. The number of rotatable bonds is 4. The number of nitrogens with one attached hydrogen (secondary N) is 1. The van der Waals surface area contributed by atoms with E-state index < -0.39 is 0 Å². The molecule has 0 fully saturated rings. The average Bonchev–Trinajstić information content (AvgIpc) is 2.62. The molecule has 1 amide bonds. The van der Waals surface area contributed by atoms with Crippen molar-refractivity contribution in [3.63, 3.8) is 0 Å². The summed E-state index contributed by atoms with van der Waals surface area (Å²) in [4.78, 5) is 24.8. The highest BCUT2D eigenvalue weighted by Crippen LogP contribution is 2.23. The Balaban J connectivity index is 1.87. The van der Waals surface area contributed by atoms with Crippen molar-refractivity contribution in [3.8, 4) is 0 Å². The minimum Gasteiger partial charge on any atom is -0.322 e. The van der Waals surface area contributed by atoms with Crippen LogP contribution in [0.1, 0.15) is 27.0 Å². The van der Waals surface area contributed by atoms with E-state index >= 15 is 0 Å². The first kappa shape index (κ1) is 18.0. The zero-order valence-corrected chi connectivity index (χ0v) is 15.4. The van der Waals surface area contributed by atoms with E-state index in [0.29, 0.717) is 22.8 Å². The van der Waals surface area contributed by atoms with Gasteiger partial charge in [-0.2, -0.15) is 0 Å². The number of hydrogen-bond donors (Lipinski definition) is 1. The molecular weight excluding hydrogens is 348 g/mol. The lowest BCUT2D eigenvalue weighted by Gasteiger charge is -2.12. The molecule has 0 saturated carbocycles. The zero-order valence-electron chi connectivity index (χ0n) is 14.6. The van der Waals surface area contributed by atoms with Crippen molar-refractivity contribution < 1.29 is 4.79 Å². The predicted octanol–water partition coefficient (Wildman–Crippen LogP) is 4.42. The van der Waals surface area contributed by atoms with Gasteiger partial charge < -0.3 is 9.88 Å². The fourth-order valence-electron chi connectivity index (χ4n) is 2.70. The molecule has 1 aromatic heterocycles. The number of nitrogens with zero attached hydrogens (tertiary/aromatic N) is 1. The number of anilines is 1. The van der Waals surface area contributed by atoms with Gasteiger partial charge in [-0.1, -0.05) is 41.9 Å². The fraction of sp³-hybridized carbons (Fsp3) is 0.143. The largest absolute Gasteiger partial charge is 0.322 e. The van der Waals surface area contributed by atoms with Gasteiger partial charge in [-0.3, -0.25) is 9.59 Å². The quantitative estimate of drug-likeness (QED) is 0.743. The molecule has 26 heavy (non-hydrogen) atoms. The second-order valence-electron chi connectivity index (χ2n) is 6.18. The first-order valence-corrected chi connectivity index (χ1v) is 8.65.